The summed E-state index contributed by atoms with van der Waals surface area (Å²) in [6, 6.07) is 13.3. The molecule has 2 heterocycles. The second kappa shape index (κ2) is 17.1. The Kier molecular flexibility index (Phi) is 12.1. The largest absolute Gasteiger partial charge is 0.417 e. The monoisotopic (exact) mass is 963 g/mol. The Bertz CT molecular complexity index is 2850. The molecule has 1 unspecified atom stereocenters. The number of halogens is 6. The number of nitrogens with zero attached hydrogens (tertiary/aromatic N) is 4. The zero-order valence-corrected chi connectivity index (χ0v) is 36.4. The maximum Gasteiger partial charge on any atom is 0.417 e. The summed E-state index contributed by atoms with van der Waals surface area (Å²) in [4.78, 5) is 29.5. The fourth-order valence-electron chi connectivity index (χ4n) is 8.69. The number of nitrogens with one attached hydrogen (secondary N) is 4. The lowest BCUT2D eigenvalue weighted by atomic mass is 10.0. The molecule has 4 saturated carbocycles. The maximum atomic E-state index is 14.4. The molecule has 2 aromatic carbocycles. The Morgan fingerprint density at radius 3 is 1.61 bits per heavy atom. The van der Waals surface area contributed by atoms with Crippen LogP contribution in [0.4, 0.5) is 26.3 Å². The summed E-state index contributed by atoms with van der Waals surface area (Å²) in [6.07, 6.45) is -9.73. The normalized spacial score (nSPS) is 24.5. The summed E-state index contributed by atoms with van der Waals surface area (Å²) < 4.78 is 153. The third kappa shape index (κ3) is 9.28. The van der Waals surface area contributed by atoms with Gasteiger partial charge in [-0.25, -0.2) is 16.8 Å². The number of carbonyl (C=O) groups excluding carboxylic acids is 2. The molecule has 0 bridgehead atoms. The van der Waals surface area contributed by atoms with Crippen LogP contribution < -0.4 is 10.6 Å². The average Bonchev–Trinajstić information content (AvgIpc) is 3.78. The van der Waals surface area contributed by atoms with Crippen molar-refractivity contribution in [3.8, 4) is 34.7 Å². The first kappa shape index (κ1) is 46.7. The van der Waals surface area contributed by atoms with Crippen LogP contribution >= 0.6 is 0 Å². The average molecular weight is 964 g/mol. The molecule has 350 valence electrons. The van der Waals surface area contributed by atoms with Gasteiger partial charge in [0.25, 0.3) is 0 Å². The van der Waals surface area contributed by atoms with E-state index >= 15 is 0 Å². The molecule has 8 rings (SSSR count). The first-order chi connectivity index (χ1) is 31.1. The number of aromatic amines is 2. The topological polar surface area (TPSA) is 230 Å². The van der Waals surface area contributed by atoms with Gasteiger partial charge in [0.15, 0.2) is 25.2 Å². The molecule has 2 amide bonds. The molecule has 6 atom stereocenters. The second-order valence-corrected chi connectivity index (χ2v) is 21.4. The van der Waals surface area contributed by atoms with E-state index in [2.05, 4.69) is 41.9 Å². The number of ether oxygens (including phenoxy) is 2. The van der Waals surface area contributed by atoms with E-state index in [1.165, 1.54) is 43.8 Å². The van der Waals surface area contributed by atoms with Gasteiger partial charge in [-0.15, -0.1) is 0 Å². The minimum atomic E-state index is -5.08. The smallest absolute Gasteiger partial charge is 0.381 e. The highest BCUT2D eigenvalue weighted by Crippen LogP contribution is 2.45. The van der Waals surface area contributed by atoms with Crippen molar-refractivity contribution in [1.29, 1.82) is 5.26 Å². The molecule has 0 spiro atoms. The van der Waals surface area contributed by atoms with Crippen molar-refractivity contribution in [2.24, 2.45) is 11.8 Å². The molecule has 0 saturated heterocycles. The SMILES string of the molecule is CO[C@@H]1CC(S(=O)(=O)c2ccc(-c3ccn[nH]3)cc2C(F)(F)F)C[C@H]1C(=O)NC1(C#[N+]CO[C@H]2C[C@@H](S(=O)(=O)c3ccc(-c4ccn[nH]4)cc3C(F)(F)F)C[C@@H]2C(=O)NC2(C#N)CC2)CC1. The maximum absolute atomic E-state index is 14.4. The molecular formula is C42H41F6N8O8S2+. The number of hydrogen-bond acceptors (Lipinski definition) is 11. The minimum absolute atomic E-state index is 0.0412. The van der Waals surface area contributed by atoms with E-state index in [0.717, 1.165) is 18.2 Å². The van der Waals surface area contributed by atoms with Gasteiger partial charge in [0.2, 0.25) is 11.8 Å². The van der Waals surface area contributed by atoms with Gasteiger partial charge in [-0.3, -0.25) is 19.8 Å². The van der Waals surface area contributed by atoms with Crippen LogP contribution in [0.5, 0.6) is 0 Å². The number of aromatic nitrogens is 4. The lowest BCUT2D eigenvalue weighted by molar-refractivity contribution is -0.140. The fourth-order valence-corrected chi connectivity index (χ4v) is 12.7. The number of hydrogen-bond donors (Lipinski definition) is 4. The van der Waals surface area contributed by atoms with E-state index in [4.69, 9.17) is 9.47 Å². The van der Waals surface area contributed by atoms with Gasteiger partial charge >= 0.3 is 25.2 Å². The number of amides is 2. The minimum Gasteiger partial charge on any atom is -0.381 e. The number of rotatable bonds is 13. The number of benzene rings is 2. The summed E-state index contributed by atoms with van der Waals surface area (Å²) in [6.45, 7) is -0.528. The molecule has 4 fully saturated rings. The third-order valence-corrected chi connectivity index (χ3v) is 17.1. The molecule has 16 nitrogen and oxygen atoms in total. The van der Waals surface area contributed by atoms with Gasteiger partial charge < -0.3 is 20.1 Å². The van der Waals surface area contributed by atoms with Crippen molar-refractivity contribution in [3.63, 3.8) is 0 Å². The van der Waals surface area contributed by atoms with E-state index in [1.54, 1.807) is 0 Å². The number of sulfone groups is 2. The van der Waals surface area contributed by atoms with E-state index < -0.39 is 130 Å². The molecule has 4 aromatic rings. The van der Waals surface area contributed by atoms with Crippen molar-refractivity contribution in [2.45, 2.75) is 107 Å². The molecule has 24 heteroatoms. The van der Waals surface area contributed by atoms with Crippen molar-refractivity contribution >= 4 is 31.5 Å². The summed E-state index contributed by atoms with van der Waals surface area (Å²) in [5.41, 5.74) is -4.51. The standard InChI is InChI=1S/C42H40F6N8O8S2/c1-63-33-18-25(65(59,60)35-4-2-23(31-6-12-51-55-31)14-29(35)41(43,44)45)16-27(33)37(57)54-40(10-11-40)21-50-22-64-34-19-26(17-28(34)38(58)53-39(20-49)8-9-39)66(61,62)36-5-3-24(32-7-13-52-56-32)15-30(36)42(46,47)48/h2-7,12-15,25-28,33-34H,8-11,16-19,22H2,1H3,(H3-,51,52,53,54,55,56,57,58)/p+1/t25?,26-,27+,28-,33+,34-/m0/s1. The quantitative estimate of drug-likeness (QED) is 0.117. The molecule has 0 aliphatic heterocycles. The number of carbonyl (C=O) groups is 2. The van der Waals surface area contributed by atoms with Gasteiger partial charge in [0, 0.05) is 30.6 Å². The zero-order chi connectivity index (χ0) is 47.5. The highest BCUT2D eigenvalue weighted by Gasteiger charge is 2.54. The number of methoxy groups -OCH3 is 1. The molecule has 66 heavy (non-hydrogen) atoms. The van der Waals surface area contributed by atoms with E-state index in [-0.39, 0.29) is 35.4 Å². The van der Waals surface area contributed by atoms with Crippen molar-refractivity contribution in [1.82, 2.24) is 31.0 Å². The van der Waals surface area contributed by atoms with E-state index in [0.29, 0.717) is 31.7 Å². The zero-order valence-electron chi connectivity index (χ0n) is 34.7. The molecule has 0 radical (unpaired) electrons. The van der Waals surface area contributed by atoms with Crippen molar-refractivity contribution in [3.05, 3.63) is 76.9 Å². The first-order valence-corrected chi connectivity index (χ1v) is 23.7. The van der Waals surface area contributed by atoms with Crippen LogP contribution in [0.15, 0.2) is 70.7 Å². The van der Waals surface area contributed by atoms with Gasteiger partial charge in [-0.1, -0.05) is 12.1 Å². The van der Waals surface area contributed by atoms with E-state index in [1.807, 2.05) is 6.07 Å². The Labute approximate surface area is 373 Å². The first-order valence-electron chi connectivity index (χ1n) is 20.6. The van der Waals surface area contributed by atoms with Crippen LogP contribution in [0.3, 0.4) is 0 Å². The molecule has 2 aromatic heterocycles. The second-order valence-electron chi connectivity index (χ2n) is 17.0. The summed E-state index contributed by atoms with van der Waals surface area (Å²) in [7, 11) is -8.16. The summed E-state index contributed by atoms with van der Waals surface area (Å²) in [5.74, 6) is -3.68. The number of H-pyrrole nitrogens is 2. The van der Waals surface area contributed by atoms with Crippen LogP contribution in [0.25, 0.3) is 27.4 Å². The van der Waals surface area contributed by atoms with Crippen LogP contribution in [0.1, 0.15) is 62.5 Å². The summed E-state index contributed by atoms with van der Waals surface area (Å²) in [5, 5.41) is 24.6. The predicted molar refractivity (Wildman–Crippen MR) is 219 cm³/mol. The Morgan fingerprint density at radius 2 is 1.20 bits per heavy atom. The van der Waals surface area contributed by atoms with E-state index in [9.17, 15) is 58.0 Å². The van der Waals surface area contributed by atoms with Gasteiger partial charge in [-0.05, 0) is 92.6 Å². The highest BCUT2D eigenvalue weighted by atomic mass is 32.2. The highest BCUT2D eigenvalue weighted by molar-refractivity contribution is 7.92. The molecule has 4 N–H and O–H groups in total. The van der Waals surface area contributed by atoms with Crippen LogP contribution in [-0.2, 0) is 51.1 Å². The van der Waals surface area contributed by atoms with Crippen molar-refractivity contribution < 1.29 is 62.2 Å². The third-order valence-electron chi connectivity index (χ3n) is 12.7. The lowest BCUT2D eigenvalue weighted by Crippen LogP contribution is -2.42. The van der Waals surface area contributed by atoms with Gasteiger partial charge in [-0.2, -0.15) is 41.8 Å². The predicted octanol–water partition coefficient (Wildman–Crippen LogP) is 5.82. The Hall–Kier alpha value is -5.82. The Balaban J connectivity index is 0.957. The number of nitriles is 1. The fraction of sp³-hybridized carbons (Fsp3) is 0.476. The molecular weight excluding hydrogens is 923 g/mol. The molecule has 4 aliphatic carbocycles. The van der Waals surface area contributed by atoms with Crippen LogP contribution in [0.2, 0.25) is 0 Å². The van der Waals surface area contributed by atoms with Crippen LogP contribution in [0, 0.1) is 29.2 Å². The van der Waals surface area contributed by atoms with Gasteiger partial charge in [0.05, 0.1) is 72.9 Å². The number of alkyl halides is 6. The van der Waals surface area contributed by atoms with Crippen molar-refractivity contribution in [2.75, 3.05) is 13.8 Å². The summed E-state index contributed by atoms with van der Waals surface area (Å²) >= 11 is 0. The Morgan fingerprint density at radius 1 is 0.742 bits per heavy atom. The van der Waals surface area contributed by atoms with Crippen LogP contribution in [-0.4, -0.2) is 96.7 Å². The van der Waals surface area contributed by atoms with Gasteiger partial charge in [0.1, 0.15) is 5.54 Å². The molecule has 4 aliphatic rings. The lowest BCUT2D eigenvalue weighted by Gasteiger charge is -2.19.